The SMILES string of the molecule is CC(C)[C@H](NC(=O)[C@@H]1CCCN1C(=O)[C@@H](NC(=O)c1ccc(C(=O)NS(=O)(=O)c2ccc(Cl)cc2)cc1)C(C)C)C(=O)c1nc2cc(C(=O)O)ccc2o1. The largest absolute Gasteiger partial charge is 0.478 e. The van der Waals surface area contributed by atoms with Gasteiger partial charge in [0.15, 0.2) is 5.58 Å². The molecule has 1 aliphatic heterocycles. The number of nitrogens with zero attached hydrogens (tertiary/aromatic N) is 2. The third-order valence-electron chi connectivity index (χ3n) is 8.91. The van der Waals surface area contributed by atoms with Gasteiger partial charge >= 0.3 is 5.97 Å². The predicted octanol–water partition coefficient (Wildman–Crippen LogP) is 4.07. The summed E-state index contributed by atoms with van der Waals surface area (Å²) in [7, 11) is -4.19. The van der Waals surface area contributed by atoms with E-state index in [0.29, 0.717) is 17.9 Å². The van der Waals surface area contributed by atoms with Gasteiger partial charge in [-0.15, -0.1) is 0 Å². The number of aromatic carboxylic acids is 1. The van der Waals surface area contributed by atoms with Crippen molar-refractivity contribution in [2.24, 2.45) is 11.8 Å². The van der Waals surface area contributed by atoms with Crippen molar-refractivity contribution in [3.05, 3.63) is 94.3 Å². The van der Waals surface area contributed by atoms with Gasteiger partial charge in [-0.25, -0.2) is 22.9 Å². The van der Waals surface area contributed by atoms with Gasteiger partial charge < -0.3 is 25.1 Å². The normalized spacial score (nSPS) is 15.5. The Morgan fingerprint density at radius 2 is 1.43 bits per heavy atom. The third-order valence-corrected chi connectivity index (χ3v) is 10.5. The zero-order valence-electron chi connectivity index (χ0n) is 29.7. The Kier molecular flexibility index (Phi) is 11.9. The van der Waals surface area contributed by atoms with E-state index in [1.165, 1.54) is 71.6 Å². The van der Waals surface area contributed by atoms with Crippen molar-refractivity contribution in [1.82, 2.24) is 25.2 Å². The van der Waals surface area contributed by atoms with Gasteiger partial charge in [0, 0.05) is 22.7 Å². The quantitative estimate of drug-likeness (QED) is 0.142. The van der Waals surface area contributed by atoms with E-state index in [4.69, 9.17) is 16.0 Å². The molecule has 0 aliphatic carbocycles. The first kappa shape index (κ1) is 39.6. The summed E-state index contributed by atoms with van der Waals surface area (Å²) in [6.45, 7) is 7.14. The van der Waals surface area contributed by atoms with E-state index in [-0.39, 0.29) is 45.1 Å². The average molecular weight is 780 g/mol. The fraction of sp³-hybridized carbons (Fsp3) is 0.324. The summed E-state index contributed by atoms with van der Waals surface area (Å²) in [6, 6.07) is 11.4. The van der Waals surface area contributed by atoms with Crippen LogP contribution >= 0.6 is 11.6 Å². The summed E-state index contributed by atoms with van der Waals surface area (Å²) < 4.78 is 32.8. The number of carboxylic acid groups (broad SMARTS) is 1. The zero-order chi connectivity index (χ0) is 39.5. The van der Waals surface area contributed by atoms with Crippen molar-refractivity contribution < 1.29 is 46.7 Å². The molecule has 0 bridgehead atoms. The second-order valence-electron chi connectivity index (χ2n) is 13.5. The van der Waals surface area contributed by atoms with Crippen molar-refractivity contribution in [1.29, 1.82) is 0 Å². The number of ketones is 1. The number of carboxylic acids is 1. The number of benzene rings is 3. The third kappa shape index (κ3) is 8.77. The molecule has 4 N–H and O–H groups in total. The van der Waals surface area contributed by atoms with Crippen molar-refractivity contribution in [2.45, 2.75) is 63.6 Å². The van der Waals surface area contributed by atoms with Gasteiger partial charge in [-0.3, -0.25) is 24.0 Å². The van der Waals surface area contributed by atoms with Crippen LogP contribution in [0.3, 0.4) is 0 Å². The number of halogens is 1. The van der Waals surface area contributed by atoms with E-state index in [1.54, 1.807) is 27.7 Å². The Bertz CT molecular complexity index is 2220. The Hall–Kier alpha value is -5.61. The number of hydrogen-bond donors (Lipinski definition) is 4. The fourth-order valence-corrected chi connectivity index (χ4v) is 7.03. The fourth-order valence-electron chi connectivity index (χ4n) is 5.93. The lowest BCUT2D eigenvalue weighted by molar-refractivity contribution is -0.140. The first-order valence-electron chi connectivity index (χ1n) is 17.0. The number of likely N-dealkylation sites (tertiary alicyclic amines) is 1. The van der Waals surface area contributed by atoms with Crippen LogP contribution in [0.4, 0.5) is 0 Å². The van der Waals surface area contributed by atoms with Gasteiger partial charge in [0.05, 0.1) is 16.5 Å². The highest BCUT2D eigenvalue weighted by Crippen LogP contribution is 2.24. The van der Waals surface area contributed by atoms with E-state index in [0.717, 1.165) is 0 Å². The zero-order valence-corrected chi connectivity index (χ0v) is 31.2. The van der Waals surface area contributed by atoms with E-state index in [2.05, 4.69) is 15.6 Å². The smallest absolute Gasteiger partial charge is 0.335 e. The number of rotatable bonds is 13. The highest BCUT2D eigenvalue weighted by molar-refractivity contribution is 7.90. The molecule has 15 nitrogen and oxygen atoms in total. The topological polar surface area (TPSA) is 222 Å². The molecule has 284 valence electrons. The van der Waals surface area contributed by atoms with E-state index in [1.807, 2.05) is 4.72 Å². The molecule has 0 saturated carbocycles. The summed E-state index contributed by atoms with van der Waals surface area (Å²) >= 11 is 5.82. The Morgan fingerprint density at radius 3 is 2.02 bits per heavy atom. The Morgan fingerprint density at radius 1 is 0.833 bits per heavy atom. The number of hydrogen-bond acceptors (Lipinski definition) is 10. The highest BCUT2D eigenvalue weighted by atomic mass is 35.5. The molecular weight excluding hydrogens is 742 g/mol. The maximum Gasteiger partial charge on any atom is 0.335 e. The number of amides is 4. The molecule has 1 saturated heterocycles. The minimum atomic E-state index is -4.19. The lowest BCUT2D eigenvalue weighted by Gasteiger charge is -2.31. The number of fused-ring (bicyclic) bond motifs is 1. The van der Waals surface area contributed by atoms with E-state index >= 15 is 0 Å². The van der Waals surface area contributed by atoms with Gasteiger partial charge in [0.25, 0.3) is 27.7 Å². The molecule has 1 aliphatic rings. The summed E-state index contributed by atoms with van der Waals surface area (Å²) in [5.41, 5.74) is 0.400. The molecule has 5 rings (SSSR count). The van der Waals surface area contributed by atoms with Crippen LogP contribution in [-0.2, 0) is 19.6 Å². The molecule has 3 atom stereocenters. The van der Waals surface area contributed by atoms with Crippen LogP contribution in [0.1, 0.15) is 82.3 Å². The molecular formula is C37H38ClN5O10S. The number of Topliss-reactive ketones (excluding diaryl/α,β-unsaturated/α-hetero) is 1. The molecule has 0 radical (unpaired) electrons. The average Bonchev–Trinajstić information content (AvgIpc) is 3.80. The monoisotopic (exact) mass is 779 g/mol. The first-order valence-corrected chi connectivity index (χ1v) is 18.9. The predicted molar refractivity (Wildman–Crippen MR) is 195 cm³/mol. The number of sulfonamides is 1. The van der Waals surface area contributed by atoms with Gasteiger partial charge in [-0.2, -0.15) is 0 Å². The Balaban J connectivity index is 1.24. The van der Waals surface area contributed by atoms with E-state index < -0.39 is 75.4 Å². The highest BCUT2D eigenvalue weighted by Gasteiger charge is 2.40. The maximum atomic E-state index is 13.9. The summed E-state index contributed by atoms with van der Waals surface area (Å²) in [5, 5.41) is 15.1. The van der Waals surface area contributed by atoms with Crippen LogP contribution in [0.5, 0.6) is 0 Å². The molecule has 1 aromatic heterocycles. The number of oxazole rings is 1. The second-order valence-corrected chi connectivity index (χ2v) is 15.6. The van der Waals surface area contributed by atoms with Crippen LogP contribution in [0, 0.1) is 11.8 Å². The summed E-state index contributed by atoms with van der Waals surface area (Å²) in [4.78, 5) is 83.9. The van der Waals surface area contributed by atoms with Crippen LogP contribution in [-0.4, -0.2) is 83.5 Å². The number of carbonyl (C=O) groups excluding carboxylic acids is 5. The summed E-state index contributed by atoms with van der Waals surface area (Å²) in [6.07, 6.45) is 0.810. The van der Waals surface area contributed by atoms with Gasteiger partial charge in [0.2, 0.25) is 17.6 Å². The van der Waals surface area contributed by atoms with Crippen molar-refractivity contribution in [3.63, 3.8) is 0 Å². The molecule has 4 aromatic rings. The molecule has 2 heterocycles. The molecule has 1 fully saturated rings. The van der Waals surface area contributed by atoms with Crippen LogP contribution in [0.25, 0.3) is 11.1 Å². The van der Waals surface area contributed by atoms with E-state index in [9.17, 15) is 42.3 Å². The molecule has 4 amide bonds. The standard InChI is InChI=1S/C37H38ClN5O10S/c1-19(2)29(31(44)35-39-26-18-23(37(49)50)11-16-28(26)53-35)40-34(47)27-6-5-17-43(27)36(48)30(20(3)4)41-32(45)21-7-9-22(10-8-21)33(46)42-54(51,52)25-14-12-24(38)13-15-25/h7-16,18-20,27,29-30H,5-6,17H2,1-4H3,(H,40,47)(H,41,45)(H,42,46)(H,49,50)/t27-,29-,30-/m0/s1. The molecule has 17 heteroatoms. The Labute approximate surface area is 315 Å². The maximum absolute atomic E-state index is 13.9. The van der Waals surface area contributed by atoms with Gasteiger partial charge in [-0.05, 0) is 91.4 Å². The van der Waals surface area contributed by atoms with Crippen molar-refractivity contribution in [2.75, 3.05) is 6.54 Å². The van der Waals surface area contributed by atoms with Crippen LogP contribution in [0.2, 0.25) is 5.02 Å². The minimum Gasteiger partial charge on any atom is -0.478 e. The van der Waals surface area contributed by atoms with Crippen LogP contribution in [0.15, 0.2) is 76.0 Å². The van der Waals surface area contributed by atoms with Crippen molar-refractivity contribution in [3.8, 4) is 0 Å². The number of aromatic nitrogens is 1. The summed E-state index contributed by atoms with van der Waals surface area (Å²) in [5.74, 6) is -5.54. The molecule has 0 unspecified atom stereocenters. The number of carbonyl (C=O) groups is 6. The molecule has 3 aromatic carbocycles. The first-order chi connectivity index (χ1) is 25.5. The van der Waals surface area contributed by atoms with Gasteiger partial charge in [-0.1, -0.05) is 39.3 Å². The van der Waals surface area contributed by atoms with Crippen molar-refractivity contribution >= 4 is 68.1 Å². The second kappa shape index (κ2) is 16.2. The lowest BCUT2D eigenvalue weighted by atomic mass is 9.98. The molecule has 54 heavy (non-hydrogen) atoms. The number of nitrogens with one attached hydrogen (secondary N) is 3. The van der Waals surface area contributed by atoms with Gasteiger partial charge in [0.1, 0.15) is 17.6 Å². The molecule has 0 spiro atoms. The van der Waals surface area contributed by atoms with Crippen LogP contribution < -0.4 is 15.4 Å². The minimum absolute atomic E-state index is 0.0334. The lowest BCUT2D eigenvalue weighted by Crippen LogP contribution is -2.57.